The lowest BCUT2D eigenvalue weighted by Gasteiger charge is -2.26. The van der Waals surface area contributed by atoms with E-state index in [0.29, 0.717) is 16.3 Å². The number of thioether (sulfide) groups is 1. The fraction of sp³-hybridized carbons (Fsp3) is 0.350. The molecule has 4 rings (SSSR count). The van der Waals surface area contributed by atoms with Gasteiger partial charge in [-0.05, 0) is 30.9 Å². The van der Waals surface area contributed by atoms with E-state index in [9.17, 15) is 9.59 Å². The van der Waals surface area contributed by atoms with Gasteiger partial charge >= 0.3 is 0 Å². The zero-order chi connectivity index (χ0) is 18.8. The Labute approximate surface area is 166 Å². The Balaban J connectivity index is 1.59. The Hall–Kier alpha value is -2.12. The third-order valence-corrected chi connectivity index (χ3v) is 6.92. The van der Waals surface area contributed by atoms with Crippen LogP contribution in [-0.4, -0.2) is 39.2 Å². The van der Waals surface area contributed by atoms with E-state index in [4.69, 9.17) is 0 Å². The maximum atomic E-state index is 12.8. The maximum absolute atomic E-state index is 12.8. The van der Waals surface area contributed by atoms with Crippen molar-refractivity contribution in [1.82, 2.24) is 14.5 Å². The van der Waals surface area contributed by atoms with E-state index in [0.717, 1.165) is 41.2 Å². The smallest absolute Gasteiger partial charge is 0.262 e. The van der Waals surface area contributed by atoms with Gasteiger partial charge in [-0.15, -0.1) is 11.3 Å². The zero-order valence-electron chi connectivity index (χ0n) is 15.2. The SMILES string of the molecule is Cn1c(SCC(=O)N2CCCCC2)nc2sc(-c3ccccc3)cc2c1=O. The molecule has 1 aliphatic rings. The van der Waals surface area contributed by atoms with Gasteiger partial charge < -0.3 is 4.90 Å². The van der Waals surface area contributed by atoms with E-state index in [2.05, 4.69) is 4.98 Å². The highest BCUT2D eigenvalue weighted by atomic mass is 32.2. The van der Waals surface area contributed by atoms with Crippen LogP contribution in [0.5, 0.6) is 0 Å². The lowest BCUT2D eigenvalue weighted by molar-refractivity contribution is -0.129. The lowest BCUT2D eigenvalue weighted by Crippen LogP contribution is -2.36. The van der Waals surface area contributed by atoms with E-state index in [1.807, 2.05) is 41.3 Å². The van der Waals surface area contributed by atoms with Crippen molar-refractivity contribution < 1.29 is 4.79 Å². The molecule has 1 saturated heterocycles. The number of fused-ring (bicyclic) bond motifs is 1. The van der Waals surface area contributed by atoms with Gasteiger partial charge in [0.05, 0.1) is 11.1 Å². The predicted octanol–water partition coefficient (Wildman–Crippen LogP) is 3.77. The first kappa shape index (κ1) is 18.3. The molecule has 0 bridgehead atoms. The molecular weight excluding hydrogens is 378 g/mol. The van der Waals surface area contributed by atoms with Gasteiger partial charge in [0.1, 0.15) is 4.83 Å². The largest absolute Gasteiger partial charge is 0.342 e. The summed E-state index contributed by atoms with van der Waals surface area (Å²) < 4.78 is 1.55. The van der Waals surface area contributed by atoms with Gasteiger partial charge in [0, 0.05) is 25.0 Å². The molecule has 0 saturated carbocycles. The van der Waals surface area contributed by atoms with Crippen LogP contribution in [0.2, 0.25) is 0 Å². The predicted molar refractivity (Wildman–Crippen MR) is 111 cm³/mol. The fourth-order valence-corrected chi connectivity index (χ4v) is 5.23. The van der Waals surface area contributed by atoms with Crippen LogP contribution in [-0.2, 0) is 11.8 Å². The second-order valence-corrected chi connectivity index (χ2v) is 8.66. The minimum atomic E-state index is -0.0636. The van der Waals surface area contributed by atoms with Crippen LogP contribution in [0.3, 0.4) is 0 Å². The molecule has 0 atom stereocenters. The van der Waals surface area contributed by atoms with Crippen molar-refractivity contribution in [2.45, 2.75) is 24.4 Å². The molecule has 1 aliphatic heterocycles. The third-order valence-electron chi connectivity index (χ3n) is 4.82. The van der Waals surface area contributed by atoms with Crippen LogP contribution in [0, 0.1) is 0 Å². The van der Waals surface area contributed by atoms with Gasteiger partial charge in [0.15, 0.2) is 5.16 Å². The van der Waals surface area contributed by atoms with Crippen molar-refractivity contribution in [2.24, 2.45) is 7.05 Å². The maximum Gasteiger partial charge on any atom is 0.262 e. The Kier molecular flexibility index (Phi) is 5.31. The van der Waals surface area contributed by atoms with Gasteiger partial charge in [-0.2, -0.15) is 0 Å². The van der Waals surface area contributed by atoms with Crippen molar-refractivity contribution in [1.29, 1.82) is 0 Å². The summed E-state index contributed by atoms with van der Waals surface area (Å²) in [5, 5.41) is 1.23. The average Bonchev–Trinajstić information content (AvgIpc) is 3.15. The van der Waals surface area contributed by atoms with Crippen LogP contribution < -0.4 is 5.56 Å². The number of likely N-dealkylation sites (tertiary alicyclic amines) is 1. The molecule has 5 nitrogen and oxygen atoms in total. The first-order chi connectivity index (χ1) is 13.1. The van der Waals surface area contributed by atoms with Crippen LogP contribution in [0.25, 0.3) is 20.7 Å². The van der Waals surface area contributed by atoms with E-state index >= 15 is 0 Å². The van der Waals surface area contributed by atoms with Crippen LogP contribution in [0.1, 0.15) is 19.3 Å². The number of piperidine rings is 1. The monoisotopic (exact) mass is 399 g/mol. The summed E-state index contributed by atoms with van der Waals surface area (Å²) in [7, 11) is 1.72. The number of benzene rings is 1. The van der Waals surface area contributed by atoms with Gasteiger partial charge in [0.25, 0.3) is 5.56 Å². The standard InChI is InChI=1S/C20H21N3O2S2/c1-22-19(25)15-12-16(14-8-4-2-5-9-14)27-18(15)21-20(22)26-13-17(24)23-10-6-3-7-11-23/h2,4-5,8-9,12H,3,6-7,10-11,13H2,1H3. The highest BCUT2D eigenvalue weighted by Crippen LogP contribution is 2.32. The Bertz CT molecular complexity index is 1020. The number of hydrogen-bond donors (Lipinski definition) is 0. The van der Waals surface area contributed by atoms with E-state index in [1.165, 1.54) is 29.5 Å². The number of nitrogens with zero attached hydrogens (tertiary/aromatic N) is 3. The number of thiophene rings is 1. The van der Waals surface area contributed by atoms with Crippen LogP contribution >= 0.6 is 23.1 Å². The molecular formula is C20H21N3O2S2. The lowest BCUT2D eigenvalue weighted by atomic mass is 10.1. The first-order valence-electron chi connectivity index (χ1n) is 9.10. The van der Waals surface area contributed by atoms with Crippen molar-refractivity contribution >= 4 is 39.2 Å². The van der Waals surface area contributed by atoms with Gasteiger partial charge in [-0.25, -0.2) is 4.98 Å². The zero-order valence-corrected chi connectivity index (χ0v) is 16.8. The normalized spacial score (nSPS) is 14.6. The summed E-state index contributed by atoms with van der Waals surface area (Å²) in [5.74, 6) is 0.452. The highest BCUT2D eigenvalue weighted by molar-refractivity contribution is 7.99. The molecule has 140 valence electrons. The molecule has 1 aromatic carbocycles. The molecule has 0 spiro atoms. The Morgan fingerprint density at radius 3 is 2.67 bits per heavy atom. The molecule has 1 amide bonds. The summed E-state index contributed by atoms with van der Waals surface area (Å²) in [6.45, 7) is 1.69. The number of aromatic nitrogens is 2. The molecule has 0 N–H and O–H groups in total. The summed E-state index contributed by atoms with van der Waals surface area (Å²) in [5.41, 5.74) is 1.02. The van der Waals surface area contributed by atoms with E-state index in [-0.39, 0.29) is 11.5 Å². The molecule has 0 radical (unpaired) electrons. The quantitative estimate of drug-likeness (QED) is 0.495. The summed E-state index contributed by atoms with van der Waals surface area (Å²) in [6, 6.07) is 11.9. The topological polar surface area (TPSA) is 55.2 Å². The Morgan fingerprint density at radius 2 is 1.93 bits per heavy atom. The number of rotatable bonds is 4. The fourth-order valence-electron chi connectivity index (χ4n) is 3.28. The molecule has 3 aromatic rings. The summed E-state index contributed by atoms with van der Waals surface area (Å²) in [6.07, 6.45) is 3.36. The highest BCUT2D eigenvalue weighted by Gasteiger charge is 2.18. The van der Waals surface area contributed by atoms with Crippen LogP contribution in [0.4, 0.5) is 0 Å². The van der Waals surface area contributed by atoms with Crippen molar-refractivity contribution in [3.8, 4) is 10.4 Å². The number of carbonyl (C=O) groups is 1. The third kappa shape index (κ3) is 3.80. The minimum absolute atomic E-state index is 0.0636. The summed E-state index contributed by atoms with van der Waals surface area (Å²) >= 11 is 2.87. The van der Waals surface area contributed by atoms with Gasteiger partial charge in [-0.1, -0.05) is 42.1 Å². The summed E-state index contributed by atoms with van der Waals surface area (Å²) in [4.78, 5) is 33.5. The molecule has 27 heavy (non-hydrogen) atoms. The first-order valence-corrected chi connectivity index (χ1v) is 10.9. The Morgan fingerprint density at radius 1 is 1.19 bits per heavy atom. The molecule has 3 heterocycles. The molecule has 1 fully saturated rings. The molecule has 0 aliphatic carbocycles. The molecule has 2 aromatic heterocycles. The average molecular weight is 400 g/mol. The van der Waals surface area contributed by atoms with Gasteiger partial charge in [-0.3, -0.25) is 14.2 Å². The minimum Gasteiger partial charge on any atom is -0.342 e. The second-order valence-electron chi connectivity index (χ2n) is 6.68. The molecule has 0 unspecified atom stereocenters. The van der Waals surface area contributed by atoms with E-state index < -0.39 is 0 Å². The van der Waals surface area contributed by atoms with Gasteiger partial charge in [0.2, 0.25) is 5.91 Å². The van der Waals surface area contributed by atoms with Crippen molar-refractivity contribution in [3.05, 3.63) is 46.8 Å². The number of hydrogen-bond acceptors (Lipinski definition) is 5. The molecule has 7 heteroatoms. The van der Waals surface area contributed by atoms with Crippen molar-refractivity contribution in [2.75, 3.05) is 18.8 Å². The van der Waals surface area contributed by atoms with Crippen LogP contribution in [0.15, 0.2) is 46.3 Å². The van der Waals surface area contributed by atoms with Crippen molar-refractivity contribution in [3.63, 3.8) is 0 Å². The number of carbonyl (C=O) groups excluding carboxylic acids is 1. The number of amides is 1. The second kappa shape index (κ2) is 7.86. The van der Waals surface area contributed by atoms with E-state index in [1.54, 1.807) is 11.6 Å².